The van der Waals surface area contributed by atoms with E-state index in [0.29, 0.717) is 11.5 Å². The second kappa shape index (κ2) is 10.5. The van der Waals surface area contributed by atoms with Crippen LogP contribution < -0.4 is 14.8 Å². The van der Waals surface area contributed by atoms with Crippen molar-refractivity contribution in [3.8, 4) is 11.5 Å². The lowest BCUT2D eigenvalue weighted by molar-refractivity contribution is 0.193. The fourth-order valence-corrected chi connectivity index (χ4v) is 3.73. The summed E-state index contributed by atoms with van der Waals surface area (Å²) in [6.45, 7) is 5.87. The summed E-state index contributed by atoms with van der Waals surface area (Å²) < 4.78 is 22.4. The first kappa shape index (κ1) is 18.8. The highest BCUT2D eigenvalue weighted by Crippen LogP contribution is 2.27. The van der Waals surface area contributed by atoms with Gasteiger partial charge in [-0.1, -0.05) is 36.3 Å². The molecule has 0 radical (unpaired) electrons. The second-order valence-corrected chi connectivity index (χ2v) is 8.17. The molecule has 0 spiro atoms. The van der Waals surface area contributed by atoms with E-state index in [-0.39, 0.29) is 12.0 Å². The van der Waals surface area contributed by atoms with E-state index in [9.17, 15) is 9.00 Å². The molecular weight excluding hydrogens is 322 g/mol. The third-order valence-electron chi connectivity index (χ3n) is 2.46. The molecule has 0 aliphatic rings. The summed E-state index contributed by atoms with van der Waals surface area (Å²) in [6, 6.07) is 6.96. The Balaban J connectivity index is 2.43. The Kier molecular flexibility index (Phi) is 9.00. The molecule has 0 aromatic heterocycles. The minimum atomic E-state index is -1.14. The van der Waals surface area contributed by atoms with Crippen molar-refractivity contribution in [2.45, 2.75) is 39.7 Å². The molecule has 1 aromatic rings. The van der Waals surface area contributed by atoms with Crippen LogP contribution in [0.15, 0.2) is 24.3 Å². The van der Waals surface area contributed by atoms with E-state index in [0.717, 1.165) is 18.6 Å². The van der Waals surface area contributed by atoms with Crippen molar-refractivity contribution in [2.24, 2.45) is 0 Å². The van der Waals surface area contributed by atoms with Crippen LogP contribution in [0, 0.1) is 0 Å². The van der Waals surface area contributed by atoms with Crippen LogP contribution in [0.2, 0.25) is 0 Å². The monoisotopic (exact) mass is 345 g/mol. The molecule has 1 amide bonds. The molecule has 1 atom stereocenters. The highest BCUT2D eigenvalue weighted by atomic mass is 33.1. The maximum Gasteiger partial charge on any atom is 0.413 e. The molecule has 0 fully saturated rings. The Morgan fingerprint density at radius 1 is 1.32 bits per heavy atom. The van der Waals surface area contributed by atoms with Gasteiger partial charge in [-0.05, 0) is 32.4 Å². The molecule has 1 unspecified atom stereocenters. The summed E-state index contributed by atoms with van der Waals surface area (Å²) in [6.07, 6.45) is 1.42. The molecule has 0 saturated heterocycles. The fraction of sp³-hybridized carbons (Fsp3) is 0.533. The highest BCUT2D eigenvalue weighted by molar-refractivity contribution is 8.69. The van der Waals surface area contributed by atoms with Crippen molar-refractivity contribution >= 4 is 26.7 Å². The molecule has 0 heterocycles. The zero-order valence-corrected chi connectivity index (χ0v) is 14.8. The van der Waals surface area contributed by atoms with Crippen LogP contribution in [-0.2, 0) is 9.83 Å². The molecule has 7 heteroatoms. The van der Waals surface area contributed by atoms with Crippen molar-refractivity contribution < 1.29 is 18.5 Å². The first-order valence-electron chi connectivity index (χ1n) is 7.26. The average molecular weight is 345 g/mol. The van der Waals surface area contributed by atoms with Crippen molar-refractivity contribution in [1.82, 2.24) is 5.32 Å². The Labute approximate surface area is 138 Å². The quantitative estimate of drug-likeness (QED) is 0.546. The lowest BCUT2D eigenvalue weighted by Crippen LogP contribution is -2.29. The van der Waals surface area contributed by atoms with Crippen LogP contribution in [0.3, 0.4) is 0 Å². The van der Waals surface area contributed by atoms with Gasteiger partial charge in [-0.15, -0.1) is 0 Å². The van der Waals surface area contributed by atoms with E-state index in [2.05, 4.69) is 12.2 Å². The molecule has 0 aliphatic heterocycles. The van der Waals surface area contributed by atoms with E-state index in [4.69, 9.17) is 9.47 Å². The van der Waals surface area contributed by atoms with Gasteiger partial charge in [-0.3, -0.25) is 0 Å². The second-order valence-electron chi connectivity index (χ2n) is 4.80. The summed E-state index contributed by atoms with van der Waals surface area (Å²) in [5.41, 5.74) is 0. The van der Waals surface area contributed by atoms with Crippen molar-refractivity contribution in [3.05, 3.63) is 24.3 Å². The van der Waals surface area contributed by atoms with Gasteiger partial charge in [0.1, 0.15) is 15.7 Å². The molecule has 0 saturated carbocycles. The lowest BCUT2D eigenvalue weighted by Gasteiger charge is -2.14. The van der Waals surface area contributed by atoms with Gasteiger partial charge in [0.2, 0.25) is 0 Å². The maximum absolute atomic E-state index is 11.8. The first-order chi connectivity index (χ1) is 10.5. The van der Waals surface area contributed by atoms with Crippen LogP contribution in [0.5, 0.6) is 11.5 Å². The number of carbonyl (C=O) groups is 1. The van der Waals surface area contributed by atoms with E-state index in [1.165, 1.54) is 10.8 Å². The third kappa shape index (κ3) is 7.70. The first-order valence-corrected chi connectivity index (χ1v) is 10.1. The van der Waals surface area contributed by atoms with Crippen LogP contribution in [-0.4, -0.2) is 28.0 Å². The van der Waals surface area contributed by atoms with Gasteiger partial charge in [0, 0.05) is 5.75 Å². The number of hydrogen-bond acceptors (Lipinski definition) is 5. The smallest absolute Gasteiger partial charge is 0.413 e. The minimum Gasteiger partial charge on any atom is -0.487 e. The number of amides is 1. The number of benzene rings is 1. The van der Waals surface area contributed by atoms with Gasteiger partial charge >= 0.3 is 6.09 Å². The normalized spacial score (nSPS) is 12.0. The van der Waals surface area contributed by atoms with Crippen LogP contribution in [0.4, 0.5) is 4.79 Å². The van der Waals surface area contributed by atoms with Gasteiger partial charge in [0.15, 0.2) is 11.5 Å². The third-order valence-corrected chi connectivity index (χ3v) is 5.20. The molecule has 1 rings (SSSR count). The van der Waals surface area contributed by atoms with E-state index in [1.807, 2.05) is 19.9 Å². The van der Waals surface area contributed by atoms with Gasteiger partial charge < -0.3 is 14.8 Å². The number of para-hydroxylation sites is 2. The molecule has 0 bridgehead atoms. The Bertz CT molecular complexity index is 494. The van der Waals surface area contributed by atoms with E-state index >= 15 is 0 Å². The van der Waals surface area contributed by atoms with E-state index in [1.54, 1.807) is 18.2 Å². The number of hydrogen-bond donors (Lipinski definition) is 1. The molecule has 0 aliphatic carbocycles. The fourth-order valence-electron chi connectivity index (χ4n) is 1.48. The molecule has 22 heavy (non-hydrogen) atoms. The van der Waals surface area contributed by atoms with Crippen LogP contribution >= 0.6 is 10.8 Å². The minimum absolute atomic E-state index is 0.0183. The van der Waals surface area contributed by atoms with Gasteiger partial charge in [-0.2, -0.15) is 0 Å². The summed E-state index contributed by atoms with van der Waals surface area (Å²) in [7, 11) is 0.197. The molecule has 1 aromatic carbocycles. The number of carbonyl (C=O) groups excluding carboxylic acids is 1. The molecule has 5 nitrogen and oxygen atoms in total. The number of ether oxygens (including phenoxy) is 2. The molecular formula is C15H23NO4S2. The molecule has 124 valence electrons. The van der Waals surface area contributed by atoms with Crippen molar-refractivity contribution in [2.75, 3.05) is 11.6 Å². The maximum atomic E-state index is 11.8. The predicted molar refractivity (Wildman–Crippen MR) is 91.7 cm³/mol. The standard InChI is InChI=1S/C15H23NO4S2/c1-4-5-10-21-22(18)11-16-15(17)20-14-9-7-6-8-13(14)19-12(2)3/h6-9,12H,4-5,10-11H2,1-3H3,(H,16,17). The SMILES string of the molecule is CCCCSS(=O)CNC(=O)Oc1ccccc1OC(C)C. The number of rotatable bonds is 9. The summed E-state index contributed by atoms with van der Waals surface area (Å²) in [5.74, 6) is 1.75. The van der Waals surface area contributed by atoms with Crippen molar-refractivity contribution in [1.29, 1.82) is 0 Å². The molecule has 1 N–H and O–H groups in total. The van der Waals surface area contributed by atoms with E-state index < -0.39 is 15.9 Å². The summed E-state index contributed by atoms with van der Waals surface area (Å²) in [5, 5.41) is 2.50. The largest absolute Gasteiger partial charge is 0.487 e. The highest BCUT2D eigenvalue weighted by Gasteiger charge is 2.11. The Hall–Kier alpha value is -1.21. The zero-order chi connectivity index (χ0) is 16.4. The number of nitrogens with one attached hydrogen (secondary N) is 1. The predicted octanol–water partition coefficient (Wildman–Crippen LogP) is 3.72. The van der Waals surface area contributed by atoms with Gasteiger partial charge in [-0.25, -0.2) is 9.00 Å². The van der Waals surface area contributed by atoms with Gasteiger partial charge in [0.05, 0.1) is 6.10 Å². The lowest BCUT2D eigenvalue weighted by atomic mass is 10.3. The Morgan fingerprint density at radius 3 is 2.64 bits per heavy atom. The Morgan fingerprint density at radius 2 is 2.00 bits per heavy atom. The van der Waals surface area contributed by atoms with Gasteiger partial charge in [0.25, 0.3) is 0 Å². The average Bonchev–Trinajstić information content (AvgIpc) is 2.47. The van der Waals surface area contributed by atoms with Crippen LogP contribution in [0.1, 0.15) is 33.6 Å². The van der Waals surface area contributed by atoms with Crippen LogP contribution in [0.25, 0.3) is 0 Å². The van der Waals surface area contributed by atoms with Crippen molar-refractivity contribution in [3.63, 3.8) is 0 Å². The number of unbranched alkanes of at least 4 members (excludes halogenated alkanes) is 1. The summed E-state index contributed by atoms with van der Waals surface area (Å²) >= 11 is 0. The summed E-state index contributed by atoms with van der Waals surface area (Å²) in [4.78, 5) is 11.8. The topological polar surface area (TPSA) is 64.6 Å². The zero-order valence-electron chi connectivity index (χ0n) is 13.2.